The molecule has 0 aliphatic carbocycles. The third kappa shape index (κ3) is 6.78. The van der Waals surface area contributed by atoms with Crippen LogP contribution in [0.15, 0.2) is 24.3 Å². The van der Waals surface area contributed by atoms with Gasteiger partial charge in [0.15, 0.2) is 6.61 Å². The van der Waals surface area contributed by atoms with Crippen molar-refractivity contribution in [1.82, 2.24) is 10.6 Å². The Hall–Kier alpha value is -1.33. The van der Waals surface area contributed by atoms with Crippen LogP contribution in [-0.2, 0) is 4.79 Å². The second kappa shape index (κ2) is 9.58. The van der Waals surface area contributed by atoms with Gasteiger partial charge in [0.25, 0.3) is 5.91 Å². The van der Waals surface area contributed by atoms with Gasteiger partial charge >= 0.3 is 0 Å². The Morgan fingerprint density at radius 2 is 2.14 bits per heavy atom. The lowest BCUT2D eigenvalue weighted by Gasteiger charge is -2.22. The van der Waals surface area contributed by atoms with Crippen molar-refractivity contribution in [2.24, 2.45) is 5.92 Å². The van der Waals surface area contributed by atoms with E-state index in [4.69, 9.17) is 4.74 Å². The van der Waals surface area contributed by atoms with Crippen LogP contribution in [0.2, 0.25) is 0 Å². The summed E-state index contributed by atoms with van der Waals surface area (Å²) in [7, 11) is 0. The maximum absolute atomic E-state index is 12.7. The average Bonchev–Trinajstić information content (AvgIpc) is 2.48. The molecule has 2 N–H and O–H groups in total. The van der Waals surface area contributed by atoms with Crippen molar-refractivity contribution in [3.05, 3.63) is 30.1 Å². The molecule has 1 aromatic carbocycles. The summed E-state index contributed by atoms with van der Waals surface area (Å²) < 4.78 is 18.0. The predicted molar refractivity (Wildman–Crippen MR) is 82.4 cm³/mol. The molecule has 1 fully saturated rings. The molecule has 1 aromatic rings. The van der Waals surface area contributed by atoms with E-state index in [0.29, 0.717) is 18.2 Å². The summed E-state index contributed by atoms with van der Waals surface area (Å²) in [6.07, 6.45) is 3.44. The van der Waals surface area contributed by atoms with E-state index < -0.39 is 0 Å². The maximum Gasteiger partial charge on any atom is 0.257 e. The van der Waals surface area contributed by atoms with Gasteiger partial charge in [-0.25, -0.2) is 4.39 Å². The number of halogens is 2. The molecule has 0 aromatic heterocycles. The second-order valence-electron chi connectivity index (χ2n) is 5.09. The van der Waals surface area contributed by atoms with Gasteiger partial charge in [-0.05, 0) is 62.5 Å². The molecular formula is C15H22ClFN2O2. The second-order valence-corrected chi connectivity index (χ2v) is 5.09. The fourth-order valence-corrected chi connectivity index (χ4v) is 2.32. The van der Waals surface area contributed by atoms with Crippen LogP contribution < -0.4 is 15.4 Å². The molecule has 1 aliphatic heterocycles. The summed E-state index contributed by atoms with van der Waals surface area (Å²) in [6.45, 7) is 2.79. The third-order valence-electron chi connectivity index (χ3n) is 3.46. The van der Waals surface area contributed by atoms with Crippen LogP contribution in [0.4, 0.5) is 4.39 Å². The fraction of sp³-hybridized carbons (Fsp3) is 0.533. The molecule has 21 heavy (non-hydrogen) atoms. The quantitative estimate of drug-likeness (QED) is 0.845. The Balaban J connectivity index is 0.00000220. The number of carbonyl (C=O) groups excluding carboxylic acids is 1. The number of ether oxygens (including phenoxy) is 1. The summed E-state index contributed by atoms with van der Waals surface area (Å²) in [5.74, 6) is 0.695. The third-order valence-corrected chi connectivity index (χ3v) is 3.46. The van der Waals surface area contributed by atoms with Crippen LogP contribution >= 0.6 is 12.4 Å². The molecule has 118 valence electrons. The molecule has 1 amide bonds. The summed E-state index contributed by atoms with van der Waals surface area (Å²) in [5.41, 5.74) is 0. The van der Waals surface area contributed by atoms with Crippen LogP contribution in [0.1, 0.15) is 19.3 Å². The highest BCUT2D eigenvalue weighted by Crippen LogP contribution is 2.13. The van der Waals surface area contributed by atoms with Crippen LogP contribution in [0.3, 0.4) is 0 Å². The number of nitrogens with one attached hydrogen (secondary N) is 2. The molecule has 2 rings (SSSR count). The van der Waals surface area contributed by atoms with E-state index in [0.717, 1.165) is 19.5 Å². The van der Waals surface area contributed by atoms with Gasteiger partial charge in [0.2, 0.25) is 0 Å². The minimum atomic E-state index is -0.317. The normalized spacial score (nSPS) is 17.7. The van der Waals surface area contributed by atoms with Crippen LogP contribution in [0, 0.1) is 11.7 Å². The Morgan fingerprint density at radius 1 is 1.38 bits per heavy atom. The van der Waals surface area contributed by atoms with Gasteiger partial charge < -0.3 is 15.4 Å². The molecule has 1 saturated heterocycles. The molecule has 1 unspecified atom stereocenters. The van der Waals surface area contributed by atoms with E-state index >= 15 is 0 Å². The maximum atomic E-state index is 12.7. The van der Waals surface area contributed by atoms with Gasteiger partial charge in [-0.1, -0.05) is 0 Å². The smallest absolute Gasteiger partial charge is 0.257 e. The number of rotatable bonds is 6. The SMILES string of the molecule is Cl.O=C(COc1ccc(F)cc1)NCCC1CCCNC1. The minimum Gasteiger partial charge on any atom is -0.484 e. The van der Waals surface area contributed by atoms with Crippen molar-refractivity contribution in [2.75, 3.05) is 26.2 Å². The van der Waals surface area contributed by atoms with E-state index in [-0.39, 0.29) is 30.7 Å². The van der Waals surface area contributed by atoms with Crippen LogP contribution in [0.25, 0.3) is 0 Å². The zero-order chi connectivity index (χ0) is 14.2. The molecule has 0 radical (unpaired) electrons. The lowest BCUT2D eigenvalue weighted by atomic mass is 9.96. The predicted octanol–water partition coefficient (Wildman–Crippen LogP) is 2.13. The Labute approximate surface area is 130 Å². The topological polar surface area (TPSA) is 50.4 Å². The highest BCUT2D eigenvalue weighted by molar-refractivity contribution is 5.85. The van der Waals surface area contributed by atoms with Crippen molar-refractivity contribution in [1.29, 1.82) is 0 Å². The van der Waals surface area contributed by atoms with Gasteiger partial charge in [0, 0.05) is 6.54 Å². The summed E-state index contributed by atoms with van der Waals surface area (Å²) in [4.78, 5) is 11.6. The van der Waals surface area contributed by atoms with Crippen molar-refractivity contribution >= 4 is 18.3 Å². The van der Waals surface area contributed by atoms with E-state index in [9.17, 15) is 9.18 Å². The number of hydrogen-bond acceptors (Lipinski definition) is 3. The van der Waals surface area contributed by atoms with E-state index in [2.05, 4.69) is 10.6 Å². The largest absolute Gasteiger partial charge is 0.484 e. The molecule has 6 heteroatoms. The lowest BCUT2D eigenvalue weighted by Crippen LogP contribution is -2.34. The standard InChI is InChI=1S/C15H21FN2O2.ClH/c16-13-3-5-14(6-4-13)20-11-15(19)18-9-7-12-2-1-8-17-10-12;/h3-6,12,17H,1-2,7-11H2,(H,18,19);1H. The molecule has 1 atom stereocenters. The van der Waals surface area contributed by atoms with E-state index in [1.54, 1.807) is 0 Å². The van der Waals surface area contributed by atoms with Gasteiger partial charge in [0.1, 0.15) is 11.6 Å². The zero-order valence-electron chi connectivity index (χ0n) is 11.9. The number of carbonyl (C=O) groups is 1. The fourth-order valence-electron chi connectivity index (χ4n) is 2.32. The highest BCUT2D eigenvalue weighted by atomic mass is 35.5. The summed E-state index contributed by atoms with van der Waals surface area (Å²) in [5, 5.41) is 6.20. The Morgan fingerprint density at radius 3 is 2.81 bits per heavy atom. The first-order chi connectivity index (χ1) is 9.74. The van der Waals surface area contributed by atoms with E-state index in [1.165, 1.54) is 37.1 Å². The van der Waals surface area contributed by atoms with Gasteiger partial charge in [-0.2, -0.15) is 0 Å². The number of piperidine rings is 1. The number of benzene rings is 1. The highest BCUT2D eigenvalue weighted by Gasteiger charge is 2.12. The number of hydrogen-bond donors (Lipinski definition) is 2. The first-order valence-electron chi connectivity index (χ1n) is 7.10. The Bertz CT molecular complexity index is 422. The first kappa shape index (κ1) is 17.7. The van der Waals surface area contributed by atoms with Crippen molar-refractivity contribution < 1.29 is 13.9 Å². The van der Waals surface area contributed by atoms with Crippen LogP contribution in [0.5, 0.6) is 5.75 Å². The number of amides is 1. The molecule has 0 bridgehead atoms. The molecule has 0 saturated carbocycles. The van der Waals surface area contributed by atoms with E-state index in [1.807, 2.05) is 0 Å². The van der Waals surface area contributed by atoms with Gasteiger partial charge in [0.05, 0.1) is 0 Å². The molecule has 1 aliphatic rings. The van der Waals surface area contributed by atoms with Gasteiger partial charge in [-0.3, -0.25) is 4.79 Å². The first-order valence-corrected chi connectivity index (χ1v) is 7.10. The monoisotopic (exact) mass is 316 g/mol. The van der Waals surface area contributed by atoms with Crippen molar-refractivity contribution in [3.63, 3.8) is 0 Å². The van der Waals surface area contributed by atoms with Crippen molar-refractivity contribution in [2.45, 2.75) is 19.3 Å². The summed E-state index contributed by atoms with van der Waals surface area (Å²) >= 11 is 0. The average molecular weight is 317 g/mol. The van der Waals surface area contributed by atoms with Gasteiger partial charge in [-0.15, -0.1) is 12.4 Å². The molecular weight excluding hydrogens is 295 g/mol. The lowest BCUT2D eigenvalue weighted by molar-refractivity contribution is -0.123. The van der Waals surface area contributed by atoms with Crippen LogP contribution in [-0.4, -0.2) is 32.1 Å². The zero-order valence-corrected chi connectivity index (χ0v) is 12.8. The molecule has 0 spiro atoms. The van der Waals surface area contributed by atoms with Crippen molar-refractivity contribution in [3.8, 4) is 5.75 Å². The molecule has 1 heterocycles. The molecule has 4 nitrogen and oxygen atoms in total. The Kier molecular flexibility index (Phi) is 8.08. The summed E-state index contributed by atoms with van der Waals surface area (Å²) in [6, 6.07) is 5.64. The minimum absolute atomic E-state index is 0.